The molecule has 0 aliphatic rings. The molecule has 124 valence electrons. The van der Waals surface area contributed by atoms with Crippen LogP contribution in [-0.4, -0.2) is 12.1 Å². The molecule has 3 nitrogen and oxygen atoms in total. The van der Waals surface area contributed by atoms with Crippen molar-refractivity contribution in [2.45, 2.75) is 54.1 Å². The third kappa shape index (κ3) is 3.73. The van der Waals surface area contributed by atoms with Crippen LogP contribution in [0.5, 0.6) is 11.6 Å². The van der Waals surface area contributed by atoms with Crippen molar-refractivity contribution in [3.8, 4) is 11.6 Å². The van der Waals surface area contributed by atoms with Crippen molar-refractivity contribution in [3.63, 3.8) is 0 Å². The fraction of sp³-hybridized carbons (Fsp3) is 0.450. The van der Waals surface area contributed by atoms with E-state index in [2.05, 4.69) is 57.8 Å². The van der Waals surface area contributed by atoms with Crippen molar-refractivity contribution in [1.29, 1.82) is 0 Å². The summed E-state index contributed by atoms with van der Waals surface area (Å²) >= 11 is 0. The monoisotopic (exact) mass is 313 g/mol. The Morgan fingerprint density at radius 1 is 1.00 bits per heavy atom. The van der Waals surface area contributed by atoms with Crippen molar-refractivity contribution >= 4 is 0 Å². The third-order valence-electron chi connectivity index (χ3n) is 4.20. The first-order valence-corrected chi connectivity index (χ1v) is 8.14. The molecule has 0 aliphatic heterocycles. The molecular formula is C20H27NO2. The normalized spacial score (nSPS) is 12.3. The number of hydrogen-bond donors (Lipinski definition) is 0. The van der Waals surface area contributed by atoms with Gasteiger partial charge in [0.1, 0.15) is 5.75 Å². The number of pyridine rings is 1. The predicted octanol–water partition coefficient (Wildman–Crippen LogP) is 5.51. The Kier molecular flexibility index (Phi) is 5.42. The van der Waals surface area contributed by atoms with Gasteiger partial charge in [-0.3, -0.25) is 0 Å². The van der Waals surface area contributed by atoms with Crippen LogP contribution in [0.2, 0.25) is 0 Å². The van der Waals surface area contributed by atoms with Crippen LogP contribution in [0, 0.1) is 34.6 Å². The van der Waals surface area contributed by atoms with Crippen molar-refractivity contribution in [2.75, 3.05) is 7.11 Å². The standard InChI is InChI=1S/C20H27NO2/c1-8-18(22-7)17-11-15(5)21-20(16(17)6)23-19-13(3)9-12(2)10-14(19)4/h9-11,18H,8H2,1-7H3. The van der Waals surface area contributed by atoms with Crippen LogP contribution in [0.4, 0.5) is 0 Å². The smallest absolute Gasteiger partial charge is 0.222 e. The molecule has 0 aliphatic carbocycles. The van der Waals surface area contributed by atoms with E-state index in [1.165, 1.54) is 5.56 Å². The van der Waals surface area contributed by atoms with Gasteiger partial charge < -0.3 is 9.47 Å². The van der Waals surface area contributed by atoms with E-state index in [0.717, 1.165) is 40.1 Å². The lowest BCUT2D eigenvalue weighted by atomic mass is 10.0. The summed E-state index contributed by atoms with van der Waals surface area (Å²) < 4.78 is 11.8. The average Bonchev–Trinajstić information content (AvgIpc) is 2.48. The van der Waals surface area contributed by atoms with Gasteiger partial charge in [0.2, 0.25) is 5.88 Å². The van der Waals surface area contributed by atoms with E-state index < -0.39 is 0 Å². The van der Waals surface area contributed by atoms with E-state index in [-0.39, 0.29) is 6.10 Å². The van der Waals surface area contributed by atoms with E-state index in [0.29, 0.717) is 5.88 Å². The summed E-state index contributed by atoms with van der Waals surface area (Å²) in [7, 11) is 1.75. The van der Waals surface area contributed by atoms with E-state index in [9.17, 15) is 0 Å². The highest BCUT2D eigenvalue weighted by molar-refractivity contribution is 5.47. The Bertz CT molecular complexity index is 680. The molecule has 0 saturated carbocycles. The second-order valence-corrected chi connectivity index (χ2v) is 6.25. The van der Waals surface area contributed by atoms with Gasteiger partial charge in [0.25, 0.3) is 0 Å². The Morgan fingerprint density at radius 3 is 2.13 bits per heavy atom. The van der Waals surface area contributed by atoms with Gasteiger partial charge in [0, 0.05) is 18.4 Å². The van der Waals surface area contributed by atoms with Crippen molar-refractivity contribution in [3.05, 3.63) is 51.7 Å². The van der Waals surface area contributed by atoms with Gasteiger partial charge in [-0.05, 0) is 63.8 Å². The minimum Gasteiger partial charge on any atom is -0.438 e. The average molecular weight is 313 g/mol. The van der Waals surface area contributed by atoms with Gasteiger partial charge in [0.05, 0.1) is 6.10 Å². The molecule has 1 aromatic carbocycles. The summed E-state index contributed by atoms with van der Waals surface area (Å²) in [6.07, 6.45) is 0.988. The number of methoxy groups -OCH3 is 1. The molecule has 0 N–H and O–H groups in total. The SMILES string of the molecule is CCC(OC)c1cc(C)nc(Oc2c(C)cc(C)cc2C)c1C. The molecule has 1 atom stereocenters. The lowest BCUT2D eigenvalue weighted by Gasteiger charge is -2.20. The van der Waals surface area contributed by atoms with E-state index in [1.54, 1.807) is 7.11 Å². The van der Waals surface area contributed by atoms with E-state index >= 15 is 0 Å². The molecule has 0 bridgehead atoms. The zero-order valence-electron chi connectivity index (χ0n) is 15.3. The number of aromatic nitrogens is 1. The minimum atomic E-state index is 0.0688. The lowest BCUT2D eigenvalue weighted by Crippen LogP contribution is -2.06. The van der Waals surface area contributed by atoms with Crippen LogP contribution in [0.25, 0.3) is 0 Å². The number of aryl methyl sites for hydroxylation is 4. The second kappa shape index (κ2) is 7.14. The summed E-state index contributed by atoms with van der Waals surface area (Å²) in [4.78, 5) is 4.61. The number of rotatable bonds is 5. The number of hydrogen-bond acceptors (Lipinski definition) is 3. The van der Waals surface area contributed by atoms with Crippen LogP contribution in [0.1, 0.15) is 53.0 Å². The Balaban J connectivity index is 2.49. The lowest BCUT2D eigenvalue weighted by molar-refractivity contribution is 0.0991. The zero-order chi connectivity index (χ0) is 17.1. The van der Waals surface area contributed by atoms with Crippen molar-refractivity contribution in [1.82, 2.24) is 4.98 Å². The number of benzene rings is 1. The summed E-state index contributed by atoms with van der Waals surface area (Å²) in [5.41, 5.74) is 6.64. The third-order valence-corrected chi connectivity index (χ3v) is 4.20. The fourth-order valence-corrected chi connectivity index (χ4v) is 3.10. The number of nitrogens with zero attached hydrogens (tertiary/aromatic N) is 1. The molecule has 0 radical (unpaired) electrons. The molecule has 23 heavy (non-hydrogen) atoms. The fourth-order valence-electron chi connectivity index (χ4n) is 3.10. The second-order valence-electron chi connectivity index (χ2n) is 6.25. The molecule has 2 rings (SSSR count). The van der Waals surface area contributed by atoms with Gasteiger partial charge in [0.15, 0.2) is 0 Å². The van der Waals surface area contributed by atoms with E-state index in [4.69, 9.17) is 9.47 Å². The minimum absolute atomic E-state index is 0.0688. The first kappa shape index (κ1) is 17.5. The molecule has 1 unspecified atom stereocenters. The van der Waals surface area contributed by atoms with Crippen molar-refractivity contribution < 1.29 is 9.47 Å². The maximum atomic E-state index is 6.22. The maximum absolute atomic E-state index is 6.22. The van der Waals surface area contributed by atoms with E-state index in [1.807, 2.05) is 6.92 Å². The summed E-state index contributed by atoms with van der Waals surface area (Å²) in [6, 6.07) is 6.37. The summed E-state index contributed by atoms with van der Waals surface area (Å²) in [6.45, 7) is 12.4. The molecule has 1 heterocycles. The Morgan fingerprint density at radius 2 is 1.61 bits per heavy atom. The molecule has 0 fully saturated rings. The van der Waals surface area contributed by atoms with Crippen LogP contribution in [0.15, 0.2) is 18.2 Å². The van der Waals surface area contributed by atoms with Crippen molar-refractivity contribution in [2.24, 2.45) is 0 Å². The molecule has 2 aromatic rings. The van der Waals surface area contributed by atoms with Crippen LogP contribution in [-0.2, 0) is 4.74 Å². The predicted molar refractivity (Wildman–Crippen MR) is 94.5 cm³/mol. The first-order valence-electron chi connectivity index (χ1n) is 8.14. The van der Waals surface area contributed by atoms with Gasteiger partial charge in [-0.2, -0.15) is 0 Å². The van der Waals surface area contributed by atoms with Crippen LogP contribution < -0.4 is 4.74 Å². The topological polar surface area (TPSA) is 31.4 Å². The van der Waals surface area contributed by atoms with Crippen LogP contribution in [0.3, 0.4) is 0 Å². The van der Waals surface area contributed by atoms with Gasteiger partial charge in [-0.15, -0.1) is 0 Å². The molecule has 0 spiro atoms. The van der Waals surface area contributed by atoms with Gasteiger partial charge in [-0.1, -0.05) is 24.6 Å². The number of ether oxygens (including phenoxy) is 2. The highest BCUT2D eigenvalue weighted by Gasteiger charge is 2.18. The molecular weight excluding hydrogens is 286 g/mol. The summed E-state index contributed by atoms with van der Waals surface area (Å²) in [5.74, 6) is 1.57. The summed E-state index contributed by atoms with van der Waals surface area (Å²) in [5, 5.41) is 0. The highest BCUT2D eigenvalue weighted by atomic mass is 16.5. The zero-order valence-corrected chi connectivity index (χ0v) is 15.3. The Labute approximate surface area is 139 Å². The molecule has 0 amide bonds. The molecule has 1 aromatic heterocycles. The molecule has 0 saturated heterocycles. The first-order chi connectivity index (χ1) is 10.9. The quantitative estimate of drug-likeness (QED) is 0.729. The Hall–Kier alpha value is -1.87. The van der Waals surface area contributed by atoms with Gasteiger partial charge >= 0.3 is 0 Å². The van der Waals surface area contributed by atoms with Crippen LogP contribution >= 0.6 is 0 Å². The largest absolute Gasteiger partial charge is 0.438 e. The maximum Gasteiger partial charge on any atom is 0.222 e. The van der Waals surface area contributed by atoms with Gasteiger partial charge in [-0.25, -0.2) is 4.98 Å². The molecule has 3 heteroatoms. The highest BCUT2D eigenvalue weighted by Crippen LogP contribution is 2.34.